The van der Waals surface area contributed by atoms with Crippen molar-refractivity contribution in [2.45, 2.75) is 27.7 Å². The predicted molar refractivity (Wildman–Crippen MR) is 99.2 cm³/mol. The van der Waals surface area contributed by atoms with E-state index in [0.29, 0.717) is 0 Å². The van der Waals surface area contributed by atoms with Crippen molar-refractivity contribution < 1.29 is 0 Å². The molecule has 0 aliphatic carbocycles. The highest BCUT2D eigenvalue weighted by molar-refractivity contribution is 5.71. The average molecular weight is 291 g/mol. The minimum Gasteiger partial charge on any atom is -0.381 e. The van der Waals surface area contributed by atoms with E-state index in [-0.39, 0.29) is 0 Å². The number of rotatable bonds is 6. The molecule has 1 heteroatoms. The van der Waals surface area contributed by atoms with Crippen LogP contribution in [-0.4, -0.2) is 6.54 Å². The highest BCUT2D eigenvalue weighted by atomic mass is 14.9. The Morgan fingerprint density at radius 1 is 1.18 bits per heavy atom. The molecule has 22 heavy (non-hydrogen) atoms. The molecule has 0 saturated carbocycles. The van der Waals surface area contributed by atoms with Crippen LogP contribution in [0, 0.1) is 12.3 Å². The van der Waals surface area contributed by atoms with Crippen molar-refractivity contribution in [2.75, 3.05) is 6.54 Å². The zero-order valence-electron chi connectivity index (χ0n) is 14.0. The summed E-state index contributed by atoms with van der Waals surface area (Å²) < 4.78 is 0. The van der Waals surface area contributed by atoms with Gasteiger partial charge in [-0.1, -0.05) is 54.5 Å². The van der Waals surface area contributed by atoms with Gasteiger partial charge in [0.1, 0.15) is 0 Å². The summed E-state index contributed by atoms with van der Waals surface area (Å²) in [6.45, 7) is 13.2. The number of benzene rings is 1. The van der Waals surface area contributed by atoms with E-state index in [0.717, 1.165) is 17.8 Å². The fourth-order valence-corrected chi connectivity index (χ4v) is 1.90. The van der Waals surface area contributed by atoms with E-state index in [1.165, 1.54) is 22.3 Å². The molecule has 1 aromatic rings. The highest BCUT2D eigenvalue weighted by Crippen LogP contribution is 2.21. The zero-order chi connectivity index (χ0) is 16.5. The number of hydrogen-bond donors (Lipinski definition) is 1. The van der Waals surface area contributed by atoms with Gasteiger partial charge in [-0.15, -0.1) is 6.42 Å². The molecule has 114 valence electrons. The summed E-state index contributed by atoms with van der Waals surface area (Å²) in [7, 11) is 0. The van der Waals surface area contributed by atoms with E-state index >= 15 is 0 Å². The Labute approximate surface area is 135 Å². The fraction of sp³-hybridized carbons (Fsp3) is 0.238. The first-order valence-electron chi connectivity index (χ1n) is 7.45. The molecule has 0 atom stereocenters. The topological polar surface area (TPSA) is 12.0 Å². The maximum absolute atomic E-state index is 5.25. The van der Waals surface area contributed by atoms with Crippen molar-refractivity contribution in [1.82, 2.24) is 5.32 Å². The van der Waals surface area contributed by atoms with Crippen LogP contribution in [0.2, 0.25) is 0 Å². The molecule has 0 unspecified atom stereocenters. The van der Waals surface area contributed by atoms with Crippen LogP contribution in [0.1, 0.15) is 38.8 Å². The van der Waals surface area contributed by atoms with E-state index in [4.69, 9.17) is 6.42 Å². The molecule has 0 radical (unpaired) electrons. The van der Waals surface area contributed by atoms with Gasteiger partial charge in [0.15, 0.2) is 0 Å². The Hall–Kier alpha value is -2.46. The van der Waals surface area contributed by atoms with E-state index in [1.54, 1.807) is 6.08 Å². The lowest BCUT2D eigenvalue weighted by Crippen LogP contribution is -2.13. The molecule has 0 aromatic heterocycles. The third kappa shape index (κ3) is 5.14. The van der Waals surface area contributed by atoms with Crippen molar-refractivity contribution in [3.05, 3.63) is 71.3 Å². The van der Waals surface area contributed by atoms with Gasteiger partial charge in [-0.3, -0.25) is 0 Å². The first-order valence-corrected chi connectivity index (χ1v) is 7.45. The van der Waals surface area contributed by atoms with E-state index < -0.39 is 0 Å². The van der Waals surface area contributed by atoms with E-state index in [2.05, 4.69) is 68.9 Å². The highest BCUT2D eigenvalue weighted by Gasteiger charge is 2.02. The van der Waals surface area contributed by atoms with Crippen molar-refractivity contribution in [3.63, 3.8) is 0 Å². The summed E-state index contributed by atoms with van der Waals surface area (Å²) in [4.78, 5) is 0. The molecule has 0 aliphatic heterocycles. The minimum absolute atomic E-state index is 0.825. The summed E-state index contributed by atoms with van der Waals surface area (Å²) in [5.74, 6) is 2.52. The molecule has 1 nitrogen and oxygen atoms in total. The molecule has 0 amide bonds. The van der Waals surface area contributed by atoms with Crippen molar-refractivity contribution in [1.29, 1.82) is 0 Å². The van der Waals surface area contributed by atoms with Gasteiger partial charge in [0.2, 0.25) is 0 Å². The monoisotopic (exact) mass is 291 g/mol. The fourth-order valence-electron chi connectivity index (χ4n) is 1.90. The smallest absolute Gasteiger partial charge is 0.0357 e. The maximum atomic E-state index is 5.25. The molecule has 1 aromatic carbocycles. The zero-order valence-corrected chi connectivity index (χ0v) is 14.0. The SMILES string of the molecule is C#C/C=C\C(C)=C(/C)c1ccc(C(=C)NC/C(C)=C/C)cc1. The summed E-state index contributed by atoms with van der Waals surface area (Å²) in [6, 6.07) is 8.43. The second-order valence-electron chi connectivity index (χ2n) is 5.35. The van der Waals surface area contributed by atoms with Crippen LogP contribution in [0.3, 0.4) is 0 Å². The molecule has 0 spiro atoms. The molecule has 1 N–H and O–H groups in total. The lowest BCUT2D eigenvalue weighted by atomic mass is 10.00. The Balaban J connectivity index is 2.85. The van der Waals surface area contributed by atoms with Gasteiger partial charge in [0.25, 0.3) is 0 Å². The molecule has 1 rings (SSSR count). The number of allylic oxidation sites excluding steroid dienone is 5. The van der Waals surface area contributed by atoms with Gasteiger partial charge >= 0.3 is 0 Å². The molecule has 0 fully saturated rings. The lowest BCUT2D eigenvalue weighted by Gasteiger charge is -2.11. The molecule has 0 saturated heterocycles. The lowest BCUT2D eigenvalue weighted by molar-refractivity contribution is 0.955. The number of terminal acetylenes is 1. The van der Waals surface area contributed by atoms with Gasteiger partial charge in [0.05, 0.1) is 0 Å². The van der Waals surface area contributed by atoms with Crippen molar-refractivity contribution in [3.8, 4) is 12.3 Å². The van der Waals surface area contributed by atoms with Crippen LogP contribution in [0.4, 0.5) is 0 Å². The van der Waals surface area contributed by atoms with Crippen LogP contribution in [0.25, 0.3) is 11.3 Å². The van der Waals surface area contributed by atoms with Crippen LogP contribution in [0.15, 0.2) is 60.2 Å². The molecule has 0 bridgehead atoms. The Bertz CT molecular complexity index is 646. The molecule has 0 heterocycles. The van der Waals surface area contributed by atoms with E-state index in [9.17, 15) is 0 Å². The third-order valence-electron chi connectivity index (χ3n) is 3.76. The molecular weight excluding hydrogens is 266 g/mol. The quantitative estimate of drug-likeness (QED) is 0.432. The minimum atomic E-state index is 0.825. The van der Waals surface area contributed by atoms with Crippen LogP contribution in [-0.2, 0) is 0 Å². The van der Waals surface area contributed by atoms with Crippen LogP contribution in [0.5, 0.6) is 0 Å². The first-order chi connectivity index (χ1) is 10.5. The Kier molecular flexibility index (Phi) is 6.99. The second-order valence-corrected chi connectivity index (χ2v) is 5.35. The summed E-state index contributed by atoms with van der Waals surface area (Å²) >= 11 is 0. The van der Waals surface area contributed by atoms with Gasteiger partial charge in [0, 0.05) is 12.2 Å². The summed E-state index contributed by atoms with van der Waals surface area (Å²) in [5, 5.41) is 3.34. The standard InChI is InChI=1S/C21H25N/c1-7-9-10-17(4)18(5)20-11-13-21(14-12-20)19(6)22-15-16(3)8-2/h1,8-14,22H,6,15H2,2-5H3/b10-9-,16-8+,18-17+. The van der Waals surface area contributed by atoms with Crippen molar-refractivity contribution in [2.24, 2.45) is 0 Å². The maximum Gasteiger partial charge on any atom is 0.0357 e. The molecule has 0 aliphatic rings. The number of nitrogens with one attached hydrogen (secondary N) is 1. The van der Waals surface area contributed by atoms with Crippen LogP contribution >= 0.6 is 0 Å². The molecular formula is C21H25N. The second kappa shape index (κ2) is 8.74. The largest absolute Gasteiger partial charge is 0.381 e. The third-order valence-corrected chi connectivity index (χ3v) is 3.76. The van der Waals surface area contributed by atoms with Crippen molar-refractivity contribution >= 4 is 11.3 Å². The van der Waals surface area contributed by atoms with Gasteiger partial charge in [-0.25, -0.2) is 0 Å². The van der Waals surface area contributed by atoms with Crippen LogP contribution < -0.4 is 5.32 Å². The average Bonchev–Trinajstić information content (AvgIpc) is 2.56. The number of hydrogen-bond acceptors (Lipinski definition) is 1. The predicted octanol–water partition coefficient (Wildman–Crippen LogP) is 5.20. The van der Waals surface area contributed by atoms with Gasteiger partial charge in [-0.05, 0) is 56.0 Å². The van der Waals surface area contributed by atoms with E-state index in [1.807, 2.05) is 13.0 Å². The Morgan fingerprint density at radius 2 is 1.77 bits per heavy atom. The van der Waals surface area contributed by atoms with Gasteiger partial charge < -0.3 is 5.32 Å². The normalized spacial score (nSPS) is 12.8. The first kappa shape index (κ1) is 17.6. The summed E-state index contributed by atoms with van der Waals surface area (Å²) in [5.41, 5.74) is 6.94. The summed E-state index contributed by atoms with van der Waals surface area (Å²) in [6.07, 6.45) is 11.0. The van der Waals surface area contributed by atoms with Gasteiger partial charge in [-0.2, -0.15) is 0 Å². The Morgan fingerprint density at radius 3 is 2.32 bits per heavy atom.